The standard InChI is InChI=1S/C15H11ClO4/c1-9(17)20-14-7-6-12(8-13(14)16)10-2-4-11(5-3-10)15(18)19/h2-8H,1H3,(H,18,19). The number of benzene rings is 2. The van der Waals surface area contributed by atoms with Crippen molar-refractivity contribution in [2.75, 3.05) is 0 Å². The van der Waals surface area contributed by atoms with Gasteiger partial charge in [-0.05, 0) is 35.4 Å². The molecule has 0 unspecified atom stereocenters. The smallest absolute Gasteiger partial charge is 0.335 e. The fraction of sp³-hybridized carbons (Fsp3) is 0.0667. The third kappa shape index (κ3) is 3.16. The summed E-state index contributed by atoms with van der Waals surface area (Å²) in [5.41, 5.74) is 1.85. The molecule has 2 aromatic rings. The minimum atomic E-state index is -0.972. The predicted molar refractivity (Wildman–Crippen MR) is 75.2 cm³/mol. The summed E-state index contributed by atoms with van der Waals surface area (Å²) in [6.45, 7) is 1.30. The number of aromatic carboxylic acids is 1. The van der Waals surface area contributed by atoms with E-state index in [1.165, 1.54) is 19.1 Å². The van der Waals surface area contributed by atoms with E-state index >= 15 is 0 Å². The summed E-state index contributed by atoms with van der Waals surface area (Å²) in [5, 5.41) is 9.16. The number of hydrogen-bond donors (Lipinski definition) is 1. The third-order valence-corrected chi connectivity index (χ3v) is 2.95. The van der Waals surface area contributed by atoms with Crippen LogP contribution in [0.4, 0.5) is 0 Å². The maximum absolute atomic E-state index is 10.9. The van der Waals surface area contributed by atoms with Gasteiger partial charge in [-0.25, -0.2) is 4.79 Å². The number of halogens is 1. The van der Waals surface area contributed by atoms with Crippen LogP contribution in [0.15, 0.2) is 42.5 Å². The highest BCUT2D eigenvalue weighted by atomic mass is 35.5. The molecule has 1 N–H and O–H groups in total. The van der Waals surface area contributed by atoms with E-state index in [9.17, 15) is 9.59 Å². The van der Waals surface area contributed by atoms with Gasteiger partial charge in [0.05, 0.1) is 10.6 Å². The molecule has 4 nitrogen and oxygen atoms in total. The average molecular weight is 291 g/mol. The molecule has 0 aliphatic rings. The van der Waals surface area contributed by atoms with E-state index in [-0.39, 0.29) is 5.56 Å². The molecule has 0 heterocycles. The van der Waals surface area contributed by atoms with Crippen molar-refractivity contribution in [1.29, 1.82) is 0 Å². The number of esters is 1. The van der Waals surface area contributed by atoms with Gasteiger partial charge in [0.25, 0.3) is 0 Å². The Morgan fingerprint density at radius 3 is 2.15 bits per heavy atom. The van der Waals surface area contributed by atoms with Crippen molar-refractivity contribution in [2.45, 2.75) is 6.92 Å². The first kappa shape index (κ1) is 14.1. The number of ether oxygens (including phenoxy) is 1. The molecule has 2 rings (SSSR count). The Bertz CT molecular complexity index is 662. The number of carbonyl (C=O) groups is 2. The molecule has 0 saturated heterocycles. The van der Waals surface area contributed by atoms with Crippen LogP contribution in [0.5, 0.6) is 5.75 Å². The molecule has 0 atom stereocenters. The minimum Gasteiger partial charge on any atom is -0.478 e. The Kier molecular flexibility index (Phi) is 4.05. The second-order valence-corrected chi connectivity index (χ2v) is 4.53. The highest BCUT2D eigenvalue weighted by molar-refractivity contribution is 6.32. The third-order valence-electron chi connectivity index (χ3n) is 2.65. The van der Waals surface area contributed by atoms with E-state index in [4.69, 9.17) is 21.4 Å². The van der Waals surface area contributed by atoms with E-state index in [2.05, 4.69) is 0 Å². The van der Waals surface area contributed by atoms with Gasteiger partial charge < -0.3 is 9.84 Å². The second-order valence-electron chi connectivity index (χ2n) is 4.12. The molecule has 20 heavy (non-hydrogen) atoms. The molecule has 102 valence electrons. The summed E-state index contributed by atoms with van der Waals surface area (Å²) < 4.78 is 4.94. The summed E-state index contributed by atoms with van der Waals surface area (Å²) >= 11 is 6.03. The van der Waals surface area contributed by atoms with Gasteiger partial charge in [0.15, 0.2) is 0 Å². The van der Waals surface area contributed by atoms with Crippen molar-refractivity contribution in [3.8, 4) is 16.9 Å². The molecule has 0 spiro atoms. The summed E-state index contributed by atoms with van der Waals surface area (Å²) in [6, 6.07) is 11.4. The van der Waals surface area contributed by atoms with Gasteiger partial charge >= 0.3 is 11.9 Å². The quantitative estimate of drug-likeness (QED) is 0.692. The highest BCUT2D eigenvalue weighted by Crippen LogP contribution is 2.30. The van der Waals surface area contributed by atoms with Crippen LogP contribution in [-0.4, -0.2) is 17.0 Å². The fourth-order valence-corrected chi connectivity index (χ4v) is 1.94. The normalized spacial score (nSPS) is 10.1. The molecular weight excluding hydrogens is 280 g/mol. The molecule has 0 amide bonds. The van der Waals surface area contributed by atoms with Gasteiger partial charge in [-0.3, -0.25) is 4.79 Å². The van der Waals surface area contributed by atoms with Gasteiger partial charge in [0.1, 0.15) is 5.75 Å². The first-order valence-corrected chi connectivity index (χ1v) is 6.17. The topological polar surface area (TPSA) is 63.6 Å². The number of rotatable bonds is 3. The van der Waals surface area contributed by atoms with Gasteiger partial charge in [0.2, 0.25) is 0 Å². The van der Waals surface area contributed by atoms with Gasteiger partial charge in [-0.1, -0.05) is 29.8 Å². The van der Waals surface area contributed by atoms with Crippen molar-refractivity contribution in [1.82, 2.24) is 0 Å². The zero-order valence-electron chi connectivity index (χ0n) is 10.6. The van der Waals surface area contributed by atoms with Crippen LogP contribution < -0.4 is 4.74 Å². The van der Waals surface area contributed by atoms with E-state index in [0.29, 0.717) is 10.8 Å². The lowest BCUT2D eigenvalue weighted by Crippen LogP contribution is -2.01. The number of carboxylic acids is 1. The molecule has 0 fully saturated rings. The molecular formula is C15H11ClO4. The Morgan fingerprint density at radius 2 is 1.65 bits per heavy atom. The molecule has 0 radical (unpaired) electrons. The lowest BCUT2D eigenvalue weighted by atomic mass is 10.0. The zero-order chi connectivity index (χ0) is 14.7. The van der Waals surface area contributed by atoms with E-state index in [1.807, 2.05) is 0 Å². The van der Waals surface area contributed by atoms with Crippen LogP contribution in [0.3, 0.4) is 0 Å². The largest absolute Gasteiger partial charge is 0.478 e. The summed E-state index contributed by atoms with van der Waals surface area (Å²) in [7, 11) is 0. The Balaban J connectivity index is 2.31. The average Bonchev–Trinajstić information content (AvgIpc) is 2.41. The zero-order valence-corrected chi connectivity index (χ0v) is 11.3. The van der Waals surface area contributed by atoms with Crippen LogP contribution >= 0.6 is 11.6 Å². The molecule has 5 heteroatoms. The minimum absolute atomic E-state index is 0.219. The molecule has 0 bridgehead atoms. The van der Waals surface area contributed by atoms with Crippen LogP contribution in [0.2, 0.25) is 5.02 Å². The monoisotopic (exact) mass is 290 g/mol. The maximum atomic E-state index is 10.9. The number of carboxylic acid groups (broad SMARTS) is 1. The highest BCUT2D eigenvalue weighted by Gasteiger charge is 2.08. The lowest BCUT2D eigenvalue weighted by Gasteiger charge is -2.07. The summed E-state index contributed by atoms with van der Waals surface area (Å²) in [4.78, 5) is 21.7. The number of hydrogen-bond acceptors (Lipinski definition) is 3. The number of carbonyl (C=O) groups excluding carboxylic acids is 1. The van der Waals surface area contributed by atoms with Crippen LogP contribution in [-0.2, 0) is 4.79 Å². The molecule has 0 aliphatic carbocycles. The predicted octanol–water partition coefficient (Wildman–Crippen LogP) is 3.63. The van der Waals surface area contributed by atoms with Crippen molar-refractivity contribution in [3.63, 3.8) is 0 Å². The van der Waals surface area contributed by atoms with Crippen molar-refractivity contribution in [2.24, 2.45) is 0 Å². The summed E-state index contributed by atoms with van der Waals surface area (Å²) in [6.07, 6.45) is 0. The first-order valence-electron chi connectivity index (χ1n) is 5.79. The van der Waals surface area contributed by atoms with Crippen LogP contribution in [0.25, 0.3) is 11.1 Å². The molecule has 0 aliphatic heterocycles. The van der Waals surface area contributed by atoms with E-state index < -0.39 is 11.9 Å². The van der Waals surface area contributed by atoms with E-state index in [0.717, 1.165) is 11.1 Å². The fourth-order valence-electron chi connectivity index (χ4n) is 1.72. The lowest BCUT2D eigenvalue weighted by molar-refractivity contribution is -0.131. The second kappa shape index (κ2) is 5.75. The maximum Gasteiger partial charge on any atom is 0.335 e. The van der Waals surface area contributed by atoms with Crippen molar-refractivity contribution < 1.29 is 19.4 Å². The Hall–Kier alpha value is -2.33. The van der Waals surface area contributed by atoms with E-state index in [1.54, 1.807) is 30.3 Å². The first-order chi connectivity index (χ1) is 9.47. The van der Waals surface area contributed by atoms with Gasteiger partial charge in [-0.15, -0.1) is 0 Å². The van der Waals surface area contributed by atoms with Crippen LogP contribution in [0, 0.1) is 0 Å². The summed E-state index contributed by atoms with van der Waals surface area (Å²) in [5.74, 6) is -1.12. The van der Waals surface area contributed by atoms with Gasteiger partial charge in [-0.2, -0.15) is 0 Å². The Labute approximate surface area is 120 Å². The van der Waals surface area contributed by atoms with Crippen LogP contribution in [0.1, 0.15) is 17.3 Å². The Morgan fingerprint density at radius 1 is 1.05 bits per heavy atom. The van der Waals surface area contributed by atoms with Crippen molar-refractivity contribution >= 4 is 23.5 Å². The van der Waals surface area contributed by atoms with Crippen molar-refractivity contribution in [3.05, 3.63) is 53.1 Å². The molecule has 0 aromatic heterocycles. The molecule has 2 aromatic carbocycles. The SMILES string of the molecule is CC(=O)Oc1ccc(-c2ccc(C(=O)O)cc2)cc1Cl. The van der Waals surface area contributed by atoms with Gasteiger partial charge in [0, 0.05) is 6.92 Å². The molecule has 0 saturated carbocycles.